The standard InChI is InChI=1S/C18H24N2O5/c1-3-13(12-4-5-14-15(10-12)25-9-8-24-14)19-17(23)20-7-6-18(2,11-20)16(21)22/h4-5,10,13H,3,6-9,11H2,1-2H3,(H,19,23)(H,21,22). The first kappa shape index (κ1) is 17.4. The molecule has 0 saturated carbocycles. The molecule has 7 nitrogen and oxygen atoms in total. The molecule has 0 bridgehead atoms. The molecule has 2 aliphatic rings. The summed E-state index contributed by atoms with van der Waals surface area (Å²) in [6, 6.07) is 5.28. The predicted molar refractivity (Wildman–Crippen MR) is 90.9 cm³/mol. The van der Waals surface area contributed by atoms with Crippen molar-refractivity contribution in [3.05, 3.63) is 23.8 Å². The van der Waals surface area contributed by atoms with E-state index < -0.39 is 11.4 Å². The SMILES string of the molecule is CCC(NC(=O)N1CCC(C)(C(=O)O)C1)c1ccc2c(c1)OCCO2. The van der Waals surface area contributed by atoms with Gasteiger partial charge >= 0.3 is 12.0 Å². The number of likely N-dealkylation sites (tertiary alicyclic amines) is 1. The van der Waals surface area contributed by atoms with Crippen LogP contribution in [0.25, 0.3) is 0 Å². The van der Waals surface area contributed by atoms with Gasteiger partial charge in [0.15, 0.2) is 11.5 Å². The summed E-state index contributed by atoms with van der Waals surface area (Å²) in [4.78, 5) is 25.5. The highest BCUT2D eigenvalue weighted by molar-refractivity contribution is 5.79. The molecular weight excluding hydrogens is 324 g/mol. The Morgan fingerprint density at radius 1 is 1.32 bits per heavy atom. The van der Waals surface area contributed by atoms with Crippen LogP contribution in [0.5, 0.6) is 11.5 Å². The van der Waals surface area contributed by atoms with Gasteiger partial charge in [-0.25, -0.2) is 4.79 Å². The molecule has 2 unspecified atom stereocenters. The number of benzene rings is 1. The number of nitrogens with one attached hydrogen (secondary N) is 1. The second kappa shape index (κ2) is 6.82. The van der Waals surface area contributed by atoms with Crippen molar-refractivity contribution in [3.8, 4) is 11.5 Å². The number of amides is 2. The molecule has 1 aromatic carbocycles. The zero-order chi connectivity index (χ0) is 18.0. The number of carboxylic acid groups (broad SMARTS) is 1. The van der Waals surface area contributed by atoms with Crippen molar-refractivity contribution < 1.29 is 24.2 Å². The summed E-state index contributed by atoms with van der Waals surface area (Å²) in [6.07, 6.45) is 1.19. The minimum absolute atomic E-state index is 0.167. The van der Waals surface area contributed by atoms with Crippen LogP contribution < -0.4 is 14.8 Å². The fraction of sp³-hybridized carbons (Fsp3) is 0.556. The van der Waals surface area contributed by atoms with E-state index in [2.05, 4.69) is 5.32 Å². The van der Waals surface area contributed by atoms with Crippen LogP contribution in [0.15, 0.2) is 18.2 Å². The van der Waals surface area contributed by atoms with Crippen LogP contribution in [0.1, 0.15) is 38.3 Å². The first-order valence-corrected chi connectivity index (χ1v) is 8.61. The van der Waals surface area contributed by atoms with Crippen LogP contribution in [-0.2, 0) is 4.79 Å². The fourth-order valence-electron chi connectivity index (χ4n) is 3.25. The van der Waals surface area contributed by atoms with Crippen molar-refractivity contribution in [1.82, 2.24) is 10.2 Å². The van der Waals surface area contributed by atoms with Crippen LogP contribution in [-0.4, -0.2) is 48.3 Å². The number of urea groups is 1. The van der Waals surface area contributed by atoms with Gasteiger partial charge in [0.25, 0.3) is 0 Å². The molecule has 1 aromatic rings. The molecule has 2 heterocycles. The Labute approximate surface area is 146 Å². The Bertz CT molecular complexity index is 677. The number of ether oxygens (including phenoxy) is 2. The highest BCUT2D eigenvalue weighted by Gasteiger charge is 2.42. The Morgan fingerprint density at radius 3 is 2.68 bits per heavy atom. The van der Waals surface area contributed by atoms with Crippen molar-refractivity contribution in [2.45, 2.75) is 32.7 Å². The number of aliphatic carboxylic acids is 1. The van der Waals surface area contributed by atoms with E-state index >= 15 is 0 Å². The molecule has 2 amide bonds. The van der Waals surface area contributed by atoms with Gasteiger partial charge in [0.1, 0.15) is 13.2 Å². The summed E-state index contributed by atoms with van der Waals surface area (Å²) in [7, 11) is 0. The zero-order valence-electron chi connectivity index (χ0n) is 14.6. The molecule has 0 spiro atoms. The summed E-state index contributed by atoms with van der Waals surface area (Å²) in [5, 5.41) is 12.3. The monoisotopic (exact) mass is 348 g/mol. The molecule has 7 heteroatoms. The van der Waals surface area contributed by atoms with E-state index in [9.17, 15) is 14.7 Å². The van der Waals surface area contributed by atoms with Crippen LogP contribution in [0.2, 0.25) is 0 Å². The smallest absolute Gasteiger partial charge is 0.317 e. The third-order valence-corrected chi connectivity index (χ3v) is 4.95. The molecule has 2 N–H and O–H groups in total. The summed E-state index contributed by atoms with van der Waals surface area (Å²) < 4.78 is 11.1. The van der Waals surface area contributed by atoms with Crippen LogP contribution in [0, 0.1) is 5.41 Å². The number of fused-ring (bicyclic) bond motifs is 1. The number of hydrogen-bond donors (Lipinski definition) is 2. The second-order valence-electron chi connectivity index (χ2n) is 6.85. The Hall–Kier alpha value is -2.44. The summed E-state index contributed by atoms with van der Waals surface area (Å²) >= 11 is 0. The van der Waals surface area contributed by atoms with Crippen molar-refractivity contribution in [2.75, 3.05) is 26.3 Å². The lowest BCUT2D eigenvalue weighted by molar-refractivity contribution is -0.147. The van der Waals surface area contributed by atoms with E-state index in [1.165, 1.54) is 0 Å². The molecule has 136 valence electrons. The summed E-state index contributed by atoms with van der Waals surface area (Å²) in [6.45, 7) is 5.41. The van der Waals surface area contributed by atoms with Gasteiger partial charge in [0.05, 0.1) is 11.5 Å². The van der Waals surface area contributed by atoms with Gasteiger partial charge in [-0.15, -0.1) is 0 Å². The normalized spacial score (nSPS) is 23.2. The van der Waals surface area contributed by atoms with Gasteiger partial charge in [-0.3, -0.25) is 4.79 Å². The predicted octanol–water partition coefficient (Wildman–Crippen LogP) is 2.42. The summed E-state index contributed by atoms with van der Waals surface area (Å²) in [5.41, 5.74) is 0.0797. The van der Waals surface area contributed by atoms with Crippen molar-refractivity contribution in [2.24, 2.45) is 5.41 Å². The number of carboxylic acids is 1. The minimum atomic E-state index is -0.865. The fourth-order valence-corrected chi connectivity index (χ4v) is 3.25. The molecule has 2 atom stereocenters. The van der Waals surface area contributed by atoms with E-state index in [0.717, 1.165) is 12.0 Å². The van der Waals surface area contributed by atoms with Gasteiger partial charge in [-0.2, -0.15) is 0 Å². The maximum atomic E-state index is 12.6. The van der Waals surface area contributed by atoms with E-state index in [1.54, 1.807) is 11.8 Å². The zero-order valence-corrected chi connectivity index (χ0v) is 14.6. The first-order valence-electron chi connectivity index (χ1n) is 8.61. The van der Waals surface area contributed by atoms with Crippen LogP contribution in [0.4, 0.5) is 4.79 Å². The Kier molecular flexibility index (Phi) is 4.74. The van der Waals surface area contributed by atoms with Gasteiger partial charge < -0.3 is 24.8 Å². The average Bonchev–Trinajstić information content (AvgIpc) is 3.03. The number of rotatable bonds is 4. The molecule has 3 rings (SSSR count). The molecule has 2 aliphatic heterocycles. The second-order valence-corrected chi connectivity index (χ2v) is 6.85. The number of carbonyl (C=O) groups is 2. The number of carbonyl (C=O) groups excluding carboxylic acids is 1. The van der Waals surface area contributed by atoms with E-state index in [0.29, 0.717) is 37.7 Å². The molecule has 25 heavy (non-hydrogen) atoms. The van der Waals surface area contributed by atoms with Crippen LogP contribution in [0.3, 0.4) is 0 Å². The van der Waals surface area contributed by atoms with Gasteiger partial charge in [-0.05, 0) is 37.5 Å². The van der Waals surface area contributed by atoms with Crippen molar-refractivity contribution in [3.63, 3.8) is 0 Å². The van der Waals surface area contributed by atoms with E-state index in [4.69, 9.17) is 9.47 Å². The van der Waals surface area contributed by atoms with Gasteiger partial charge in [0, 0.05) is 13.1 Å². The largest absolute Gasteiger partial charge is 0.486 e. The molecule has 1 fully saturated rings. The maximum absolute atomic E-state index is 12.6. The number of hydrogen-bond acceptors (Lipinski definition) is 4. The summed E-state index contributed by atoms with van der Waals surface area (Å²) in [5.74, 6) is 0.547. The Morgan fingerprint density at radius 2 is 2.04 bits per heavy atom. The maximum Gasteiger partial charge on any atom is 0.317 e. The van der Waals surface area contributed by atoms with Gasteiger partial charge in [0.2, 0.25) is 0 Å². The minimum Gasteiger partial charge on any atom is -0.486 e. The topological polar surface area (TPSA) is 88.1 Å². The van der Waals surface area contributed by atoms with Crippen molar-refractivity contribution >= 4 is 12.0 Å². The lowest BCUT2D eigenvalue weighted by atomic mass is 9.90. The molecular formula is C18H24N2O5. The van der Waals surface area contributed by atoms with Crippen LogP contribution >= 0.6 is 0 Å². The lowest BCUT2D eigenvalue weighted by Crippen LogP contribution is -2.42. The molecule has 0 aromatic heterocycles. The quantitative estimate of drug-likeness (QED) is 0.872. The third kappa shape index (κ3) is 3.50. The van der Waals surface area contributed by atoms with Crippen molar-refractivity contribution in [1.29, 1.82) is 0 Å². The lowest BCUT2D eigenvalue weighted by Gasteiger charge is -2.25. The molecule has 0 radical (unpaired) electrons. The highest BCUT2D eigenvalue weighted by atomic mass is 16.6. The van der Waals surface area contributed by atoms with E-state index in [-0.39, 0.29) is 18.6 Å². The first-order chi connectivity index (χ1) is 11.9. The number of nitrogens with zero attached hydrogens (tertiary/aromatic N) is 1. The third-order valence-electron chi connectivity index (χ3n) is 4.95. The molecule has 0 aliphatic carbocycles. The average molecular weight is 348 g/mol. The molecule has 1 saturated heterocycles. The van der Waals surface area contributed by atoms with Gasteiger partial charge in [-0.1, -0.05) is 13.0 Å². The van der Waals surface area contributed by atoms with E-state index in [1.807, 2.05) is 25.1 Å². The Balaban J connectivity index is 1.68. The highest BCUT2D eigenvalue weighted by Crippen LogP contribution is 2.34.